The Morgan fingerprint density at radius 1 is 1.40 bits per heavy atom. The molecule has 1 heterocycles. The fraction of sp³-hybridized carbons (Fsp3) is 0.364. The van der Waals surface area contributed by atoms with E-state index >= 15 is 0 Å². The van der Waals surface area contributed by atoms with Crippen molar-refractivity contribution in [3.05, 3.63) is 23.3 Å². The fourth-order valence-electron chi connectivity index (χ4n) is 1.66. The van der Waals surface area contributed by atoms with E-state index in [9.17, 15) is 0 Å². The van der Waals surface area contributed by atoms with E-state index in [0.29, 0.717) is 5.75 Å². The summed E-state index contributed by atoms with van der Waals surface area (Å²) in [6, 6.07) is 5.65. The average Bonchev–Trinajstić information content (AvgIpc) is 2.67. The number of hydrogen-bond acceptors (Lipinski definition) is 4. The summed E-state index contributed by atoms with van der Waals surface area (Å²) in [6.07, 6.45) is 0. The third-order valence-corrected chi connectivity index (χ3v) is 2.49. The quantitative estimate of drug-likeness (QED) is 0.793. The maximum atomic E-state index is 8.97. The molecule has 0 aromatic heterocycles. The van der Waals surface area contributed by atoms with E-state index in [1.54, 1.807) is 7.05 Å². The highest BCUT2D eigenvalue weighted by Crippen LogP contribution is 2.36. The van der Waals surface area contributed by atoms with Gasteiger partial charge in [-0.2, -0.15) is 5.26 Å². The van der Waals surface area contributed by atoms with Crippen molar-refractivity contribution in [1.82, 2.24) is 5.32 Å². The number of rotatable bonds is 2. The molecule has 4 nitrogen and oxygen atoms in total. The predicted octanol–water partition coefficient (Wildman–Crippen LogP) is 1.51. The van der Waals surface area contributed by atoms with Crippen molar-refractivity contribution in [2.24, 2.45) is 0 Å². The zero-order valence-corrected chi connectivity index (χ0v) is 8.70. The summed E-state index contributed by atoms with van der Waals surface area (Å²) in [7, 11) is 1.76. The number of nitrogens with zero attached hydrogens (tertiary/aromatic N) is 1. The molecule has 1 atom stereocenters. The van der Waals surface area contributed by atoms with Crippen LogP contribution in [0.3, 0.4) is 0 Å². The maximum absolute atomic E-state index is 8.97. The lowest BCUT2D eigenvalue weighted by atomic mass is 10.0. The molecular weight excluding hydrogens is 192 g/mol. The third-order valence-electron chi connectivity index (χ3n) is 2.49. The van der Waals surface area contributed by atoms with Crippen LogP contribution >= 0.6 is 0 Å². The molecule has 15 heavy (non-hydrogen) atoms. The van der Waals surface area contributed by atoms with E-state index < -0.39 is 0 Å². The Morgan fingerprint density at radius 2 is 2.07 bits per heavy atom. The summed E-state index contributed by atoms with van der Waals surface area (Å²) >= 11 is 0. The number of hydrogen-bond donors (Lipinski definition) is 1. The smallest absolute Gasteiger partial charge is 0.231 e. The molecule has 78 valence electrons. The van der Waals surface area contributed by atoms with Crippen LogP contribution < -0.4 is 14.8 Å². The second-order valence-electron chi connectivity index (χ2n) is 3.41. The molecule has 0 bridgehead atoms. The van der Waals surface area contributed by atoms with Gasteiger partial charge in [0.2, 0.25) is 6.79 Å². The monoisotopic (exact) mass is 204 g/mol. The Morgan fingerprint density at radius 3 is 2.67 bits per heavy atom. The molecule has 1 aromatic rings. The Balaban J connectivity index is 2.45. The number of nitriles is 1. The summed E-state index contributed by atoms with van der Waals surface area (Å²) in [5.41, 5.74) is 1.96. The van der Waals surface area contributed by atoms with Gasteiger partial charge in [0.05, 0.1) is 6.07 Å². The second kappa shape index (κ2) is 3.79. The summed E-state index contributed by atoms with van der Waals surface area (Å²) in [6.45, 7) is 2.22. The van der Waals surface area contributed by atoms with E-state index in [4.69, 9.17) is 14.7 Å². The number of fused-ring (bicyclic) bond motifs is 1. The highest BCUT2D eigenvalue weighted by molar-refractivity contribution is 5.50. The van der Waals surface area contributed by atoms with Gasteiger partial charge < -0.3 is 14.8 Å². The van der Waals surface area contributed by atoms with Gasteiger partial charge >= 0.3 is 0 Å². The van der Waals surface area contributed by atoms with E-state index in [1.807, 2.05) is 19.1 Å². The van der Waals surface area contributed by atoms with Gasteiger partial charge in [-0.3, -0.25) is 0 Å². The first-order chi connectivity index (χ1) is 7.26. The van der Waals surface area contributed by atoms with E-state index in [0.717, 1.165) is 16.9 Å². The first-order valence-electron chi connectivity index (χ1n) is 4.73. The molecule has 0 fully saturated rings. The predicted molar refractivity (Wildman–Crippen MR) is 54.7 cm³/mol. The van der Waals surface area contributed by atoms with Gasteiger partial charge in [-0.25, -0.2) is 0 Å². The molecule has 4 heteroatoms. The van der Waals surface area contributed by atoms with E-state index in [-0.39, 0.29) is 12.8 Å². The van der Waals surface area contributed by atoms with Gasteiger partial charge in [-0.1, -0.05) is 0 Å². The van der Waals surface area contributed by atoms with E-state index in [1.165, 1.54) is 0 Å². The number of nitrogens with one attached hydrogen (secondary N) is 1. The molecule has 0 saturated heterocycles. The van der Waals surface area contributed by atoms with Crippen molar-refractivity contribution >= 4 is 0 Å². The van der Waals surface area contributed by atoms with Gasteiger partial charge in [-0.15, -0.1) is 0 Å². The van der Waals surface area contributed by atoms with Crippen LogP contribution in [-0.4, -0.2) is 13.8 Å². The SMILES string of the molecule is CNC(C#N)c1cc2c(cc1C)OCO2. The number of ether oxygens (including phenoxy) is 2. The lowest BCUT2D eigenvalue weighted by Gasteiger charge is -2.12. The van der Waals surface area contributed by atoms with Crippen molar-refractivity contribution in [3.8, 4) is 17.6 Å². The first-order valence-corrected chi connectivity index (χ1v) is 4.73. The molecule has 1 aromatic carbocycles. The van der Waals surface area contributed by atoms with Crippen LogP contribution in [0.1, 0.15) is 17.2 Å². The van der Waals surface area contributed by atoms with Crippen LogP contribution in [0.15, 0.2) is 12.1 Å². The molecule has 2 rings (SSSR count). The normalized spacial score (nSPS) is 14.7. The molecule has 0 saturated carbocycles. The minimum atomic E-state index is -0.306. The Labute approximate surface area is 88.4 Å². The molecule has 1 aliphatic rings. The van der Waals surface area contributed by atoms with Crippen molar-refractivity contribution in [2.45, 2.75) is 13.0 Å². The zero-order chi connectivity index (χ0) is 10.8. The first kappa shape index (κ1) is 9.81. The van der Waals surface area contributed by atoms with Crippen LogP contribution in [-0.2, 0) is 0 Å². The fourth-order valence-corrected chi connectivity index (χ4v) is 1.66. The molecule has 1 N–H and O–H groups in total. The lowest BCUT2D eigenvalue weighted by Crippen LogP contribution is -2.15. The van der Waals surface area contributed by atoms with Gasteiger partial charge in [0.15, 0.2) is 11.5 Å². The average molecular weight is 204 g/mol. The molecular formula is C11H12N2O2. The van der Waals surface area contributed by atoms with Gasteiger partial charge in [0.1, 0.15) is 6.04 Å². The van der Waals surface area contributed by atoms with Crippen molar-refractivity contribution in [2.75, 3.05) is 13.8 Å². The third kappa shape index (κ3) is 1.62. The summed E-state index contributed by atoms with van der Waals surface area (Å²) in [5.74, 6) is 1.47. The van der Waals surface area contributed by atoms with Crippen molar-refractivity contribution in [1.29, 1.82) is 5.26 Å². The summed E-state index contributed by atoms with van der Waals surface area (Å²) in [4.78, 5) is 0. The van der Waals surface area contributed by atoms with Crippen LogP contribution in [0.4, 0.5) is 0 Å². The molecule has 1 unspecified atom stereocenters. The molecule has 0 spiro atoms. The Hall–Kier alpha value is -1.73. The Kier molecular flexibility index (Phi) is 2.48. The van der Waals surface area contributed by atoms with Crippen molar-refractivity contribution in [3.63, 3.8) is 0 Å². The minimum absolute atomic E-state index is 0.259. The lowest BCUT2D eigenvalue weighted by molar-refractivity contribution is 0.174. The molecule has 1 aliphatic heterocycles. The molecule has 0 radical (unpaired) electrons. The second-order valence-corrected chi connectivity index (χ2v) is 3.41. The highest BCUT2D eigenvalue weighted by atomic mass is 16.7. The van der Waals surface area contributed by atoms with Gasteiger partial charge in [0.25, 0.3) is 0 Å². The molecule has 0 amide bonds. The standard InChI is InChI=1S/C11H12N2O2/c1-7-3-10-11(15-6-14-10)4-8(7)9(5-12)13-2/h3-4,9,13H,6H2,1-2H3. The van der Waals surface area contributed by atoms with Crippen LogP contribution in [0, 0.1) is 18.3 Å². The Bertz CT molecular complexity index is 423. The van der Waals surface area contributed by atoms with Gasteiger partial charge in [0, 0.05) is 0 Å². The largest absolute Gasteiger partial charge is 0.454 e. The summed E-state index contributed by atoms with van der Waals surface area (Å²) in [5, 5.41) is 11.9. The number of benzene rings is 1. The van der Waals surface area contributed by atoms with Crippen LogP contribution in [0.2, 0.25) is 0 Å². The van der Waals surface area contributed by atoms with Gasteiger partial charge in [-0.05, 0) is 37.2 Å². The number of aryl methyl sites for hydroxylation is 1. The van der Waals surface area contributed by atoms with E-state index in [2.05, 4.69) is 11.4 Å². The van der Waals surface area contributed by atoms with Crippen LogP contribution in [0.5, 0.6) is 11.5 Å². The topological polar surface area (TPSA) is 54.3 Å². The van der Waals surface area contributed by atoms with Crippen molar-refractivity contribution < 1.29 is 9.47 Å². The minimum Gasteiger partial charge on any atom is -0.454 e. The van der Waals surface area contributed by atoms with Crippen LogP contribution in [0.25, 0.3) is 0 Å². The molecule has 0 aliphatic carbocycles. The maximum Gasteiger partial charge on any atom is 0.231 e. The zero-order valence-electron chi connectivity index (χ0n) is 8.70. The highest BCUT2D eigenvalue weighted by Gasteiger charge is 2.19. The summed E-state index contributed by atoms with van der Waals surface area (Å²) < 4.78 is 10.5.